The highest BCUT2D eigenvalue weighted by Crippen LogP contribution is 2.37. The van der Waals surface area contributed by atoms with Crippen LogP contribution in [0.3, 0.4) is 0 Å². The van der Waals surface area contributed by atoms with Crippen molar-refractivity contribution in [2.45, 2.75) is 36.2 Å². The molecule has 1 saturated carbocycles. The molecule has 1 heterocycles. The number of benzene rings is 2. The number of nitrogens with zero attached hydrogens (tertiary/aromatic N) is 2. The van der Waals surface area contributed by atoms with Gasteiger partial charge in [-0.05, 0) is 43.0 Å². The van der Waals surface area contributed by atoms with Gasteiger partial charge in [0.1, 0.15) is 0 Å². The highest BCUT2D eigenvalue weighted by molar-refractivity contribution is 7.89. The predicted molar refractivity (Wildman–Crippen MR) is 99.9 cm³/mol. The second kappa shape index (κ2) is 6.88. The Balaban J connectivity index is 1.55. The SMILES string of the molecule is NC1(c2noc(-c3cccc(S(=O)(=O)NCc4ccccc4)c3)n2)CCC1. The number of hydrogen-bond acceptors (Lipinski definition) is 6. The topological polar surface area (TPSA) is 111 Å². The van der Waals surface area contributed by atoms with Crippen LogP contribution in [0, 0.1) is 0 Å². The van der Waals surface area contributed by atoms with E-state index in [2.05, 4.69) is 14.9 Å². The monoisotopic (exact) mass is 384 g/mol. The van der Waals surface area contributed by atoms with E-state index in [4.69, 9.17) is 10.3 Å². The molecule has 0 amide bonds. The lowest BCUT2D eigenvalue weighted by Crippen LogP contribution is -2.44. The third-order valence-corrected chi connectivity index (χ3v) is 6.22. The molecule has 1 aliphatic rings. The van der Waals surface area contributed by atoms with Crippen molar-refractivity contribution >= 4 is 10.0 Å². The number of hydrogen-bond donors (Lipinski definition) is 2. The van der Waals surface area contributed by atoms with E-state index in [0.29, 0.717) is 11.4 Å². The average molecular weight is 384 g/mol. The fourth-order valence-electron chi connectivity index (χ4n) is 2.98. The summed E-state index contributed by atoms with van der Waals surface area (Å²) in [6.45, 7) is 0.216. The largest absolute Gasteiger partial charge is 0.334 e. The Morgan fingerprint density at radius 3 is 2.59 bits per heavy atom. The van der Waals surface area contributed by atoms with Crippen LogP contribution >= 0.6 is 0 Å². The van der Waals surface area contributed by atoms with Gasteiger partial charge in [-0.2, -0.15) is 4.98 Å². The fraction of sp³-hybridized carbons (Fsp3) is 0.263. The van der Waals surface area contributed by atoms with Crippen molar-refractivity contribution < 1.29 is 12.9 Å². The van der Waals surface area contributed by atoms with Gasteiger partial charge >= 0.3 is 0 Å². The number of sulfonamides is 1. The van der Waals surface area contributed by atoms with Crippen LogP contribution in [0.25, 0.3) is 11.5 Å². The fourth-order valence-corrected chi connectivity index (χ4v) is 4.04. The summed E-state index contributed by atoms with van der Waals surface area (Å²) in [5, 5.41) is 3.98. The minimum atomic E-state index is -3.67. The van der Waals surface area contributed by atoms with Crippen molar-refractivity contribution in [3.05, 3.63) is 66.0 Å². The molecule has 7 nitrogen and oxygen atoms in total. The van der Waals surface area contributed by atoms with Gasteiger partial charge in [-0.15, -0.1) is 0 Å². The predicted octanol–water partition coefficient (Wildman–Crippen LogP) is 2.55. The first-order valence-electron chi connectivity index (χ1n) is 8.73. The van der Waals surface area contributed by atoms with E-state index in [9.17, 15) is 8.42 Å². The molecule has 3 N–H and O–H groups in total. The lowest BCUT2D eigenvalue weighted by molar-refractivity contribution is 0.229. The maximum atomic E-state index is 12.6. The minimum Gasteiger partial charge on any atom is -0.334 e. The number of nitrogens with two attached hydrogens (primary N) is 1. The van der Waals surface area contributed by atoms with Crippen LogP contribution in [0.5, 0.6) is 0 Å². The van der Waals surface area contributed by atoms with E-state index in [-0.39, 0.29) is 17.3 Å². The van der Waals surface area contributed by atoms with E-state index >= 15 is 0 Å². The molecule has 0 spiro atoms. The van der Waals surface area contributed by atoms with E-state index < -0.39 is 15.6 Å². The molecule has 8 heteroatoms. The normalized spacial score (nSPS) is 16.0. The minimum absolute atomic E-state index is 0.141. The lowest BCUT2D eigenvalue weighted by atomic mass is 9.77. The van der Waals surface area contributed by atoms with Crippen LogP contribution in [0.2, 0.25) is 0 Å². The zero-order valence-corrected chi connectivity index (χ0v) is 15.4. The number of nitrogens with one attached hydrogen (secondary N) is 1. The maximum absolute atomic E-state index is 12.6. The smallest absolute Gasteiger partial charge is 0.258 e. The maximum Gasteiger partial charge on any atom is 0.258 e. The van der Waals surface area contributed by atoms with Crippen LogP contribution in [0.1, 0.15) is 30.7 Å². The summed E-state index contributed by atoms with van der Waals surface area (Å²) in [6.07, 6.45) is 2.69. The summed E-state index contributed by atoms with van der Waals surface area (Å²) < 4.78 is 33.1. The van der Waals surface area contributed by atoms with Crippen molar-refractivity contribution in [1.29, 1.82) is 0 Å². The molecule has 0 aliphatic heterocycles. The first-order valence-corrected chi connectivity index (χ1v) is 10.2. The highest BCUT2D eigenvalue weighted by atomic mass is 32.2. The summed E-state index contributed by atoms with van der Waals surface area (Å²) >= 11 is 0. The third kappa shape index (κ3) is 3.64. The molecule has 1 aliphatic carbocycles. The highest BCUT2D eigenvalue weighted by Gasteiger charge is 2.39. The van der Waals surface area contributed by atoms with Gasteiger partial charge in [0.05, 0.1) is 10.4 Å². The first kappa shape index (κ1) is 17.8. The second-order valence-corrected chi connectivity index (χ2v) is 8.54. The summed E-state index contributed by atoms with van der Waals surface area (Å²) in [5.74, 6) is 0.737. The standard InChI is InChI=1S/C19H20N4O3S/c20-19(10-5-11-19)18-22-17(26-23-18)15-8-4-9-16(12-15)27(24,25)21-13-14-6-2-1-3-7-14/h1-4,6-9,12,21H,5,10-11,13,20H2. The second-order valence-electron chi connectivity index (χ2n) is 6.77. The van der Waals surface area contributed by atoms with Gasteiger partial charge in [-0.25, -0.2) is 13.1 Å². The van der Waals surface area contributed by atoms with Gasteiger partial charge in [0.25, 0.3) is 5.89 Å². The molecule has 2 aromatic carbocycles. The van der Waals surface area contributed by atoms with Crippen molar-refractivity contribution in [3.8, 4) is 11.5 Å². The molecule has 4 rings (SSSR count). The van der Waals surface area contributed by atoms with E-state index in [0.717, 1.165) is 24.8 Å². The van der Waals surface area contributed by atoms with Crippen LogP contribution in [-0.4, -0.2) is 18.6 Å². The van der Waals surface area contributed by atoms with Gasteiger partial charge in [-0.3, -0.25) is 0 Å². The zero-order valence-electron chi connectivity index (χ0n) is 14.6. The van der Waals surface area contributed by atoms with Crippen molar-refractivity contribution in [1.82, 2.24) is 14.9 Å². The van der Waals surface area contributed by atoms with Crippen molar-refractivity contribution in [2.24, 2.45) is 5.73 Å². The quantitative estimate of drug-likeness (QED) is 0.676. The molecule has 3 aromatic rings. The lowest BCUT2D eigenvalue weighted by Gasteiger charge is -2.34. The van der Waals surface area contributed by atoms with Gasteiger partial charge in [0, 0.05) is 12.1 Å². The van der Waals surface area contributed by atoms with E-state index in [1.165, 1.54) is 12.1 Å². The molecule has 0 bridgehead atoms. The molecule has 1 fully saturated rings. The number of rotatable bonds is 6. The molecular weight excluding hydrogens is 364 g/mol. The summed E-state index contributed by atoms with van der Waals surface area (Å²) in [7, 11) is -3.67. The Labute approximate surface area is 157 Å². The molecule has 27 heavy (non-hydrogen) atoms. The van der Waals surface area contributed by atoms with Crippen LogP contribution in [-0.2, 0) is 22.1 Å². The van der Waals surface area contributed by atoms with Crippen molar-refractivity contribution in [2.75, 3.05) is 0 Å². The number of aromatic nitrogens is 2. The van der Waals surface area contributed by atoms with E-state index in [1.54, 1.807) is 12.1 Å². The molecule has 0 saturated heterocycles. The molecule has 0 radical (unpaired) electrons. The Bertz CT molecular complexity index is 1040. The Morgan fingerprint density at radius 2 is 1.89 bits per heavy atom. The summed E-state index contributed by atoms with van der Waals surface area (Å²) in [5.41, 5.74) is 7.12. The van der Waals surface area contributed by atoms with Crippen LogP contribution < -0.4 is 10.5 Å². The molecule has 0 unspecified atom stereocenters. The summed E-state index contributed by atoms with van der Waals surface area (Å²) in [4.78, 5) is 4.51. The molecule has 140 valence electrons. The van der Waals surface area contributed by atoms with Crippen molar-refractivity contribution in [3.63, 3.8) is 0 Å². The third-order valence-electron chi connectivity index (χ3n) is 4.82. The van der Waals surface area contributed by atoms with Gasteiger partial charge in [-0.1, -0.05) is 41.6 Å². The average Bonchev–Trinajstić information content (AvgIpc) is 3.16. The molecule has 1 aromatic heterocycles. The molecule has 0 atom stereocenters. The van der Waals surface area contributed by atoms with Crippen LogP contribution in [0.15, 0.2) is 64.0 Å². The van der Waals surface area contributed by atoms with Gasteiger partial charge < -0.3 is 10.3 Å². The van der Waals surface area contributed by atoms with E-state index in [1.807, 2.05) is 30.3 Å². The first-order chi connectivity index (χ1) is 13.0. The van der Waals surface area contributed by atoms with Gasteiger partial charge in [0.15, 0.2) is 5.82 Å². The summed E-state index contributed by atoms with van der Waals surface area (Å²) in [6, 6.07) is 15.8. The zero-order chi connectivity index (χ0) is 18.9. The Kier molecular flexibility index (Phi) is 4.55. The van der Waals surface area contributed by atoms with Gasteiger partial charge in [0.2, 0.25) is 10.0 Å². The Hall–Kier alpha value is -2.55. The molecular formula is C19H20N4O3S. The van der Waals surface area contributed by atoms with Crippen LogP contribution in [0.4, 0.5) is 0 Å². The Morgan fingerprint density at radius 1 is 1.11 bits per heavy atom.